The molecule has 1 aromatic rings. The Morgan fingerprint density at radius 2 is 2.05 bits per heavy atom. The molecule has 0 spiro atoms. The average molecular weight is 260 g/mol. The maximum atomic E-state index is 4.59. The first-order valence-corrected chi connectivity index (χ1v) is 7.60. The van der Waals surface area contributed by atoms with E-state index in [2.05, 4.69) is 27.1 Å². The predicted octanol–water partition coefficient (Wildman–Crippen LogP) is 2.36. The minimum Gasteiger partial charge on any atom is -0.355 e. The van der Waals surface area contributed by atoms with Crippen molar-refractivity contribution >= 4 is 5.82 Å². The summed E-state index contributed by atoms with van der Waals surface area (Å²) in [6.45, 7) is 5.45. The number of anilines is 1. The first kappa shape index (κ1) is 12.9. The smallest absolute Gasteiger partial charge is 0.147 e. The Kier molecular flexibility index (Phi) is 3.97. The van der Waals surface area contributed by atoms with Gasteiger partial charge in [-0.05, 0) is 38.0 Å². The summed E-state index contributed by atoms with van der Waals surface area (Å²) in [6.07, 6.45) is 10.4. The van der Waals surface area contributed by atoms with Crippen LogP contribution in [0.2, 0.25) is 0 Å². The highest BCUT2D eigenvalue weighted by Gasteiger charge is 2.20. The van der Waals surface area contributed by atoms with Crippen molar-refractivity contribution in [2.24, 2.45) is 5.92 Å². The van der Waals surface area contributed by atoms with Gasteiger partial charge in [0.15, 0.2) is 0 Å². The number of nitrogens with zero attached hydrogens (tertiary/aromatic N) is 3. The lowest BCUT2D eigenvalue weighted by atomic mass is 10.0. The van der Waals surface area contributed by atoms with E-state index in [4.69, 9.17) is 0 Å². The molecule has 1 unspecified atom stereocenters. The fourth-order valence-corrected chi connectivity index (χ4v) is 2.63. The molecule has 3 rings (SSSR count). The zero-order chi connectivity index (χ0) is 13.1. The van der Waals surface area contributed by atoms with E-state index in [9.17, 15) is 0 Å². The molecule has 104 valence electrons. The summed E-state index contributed by atoms with van der Waals surface area (Å²) in [4.78, 5) is 11.5. The lowest BCUT2D eigenvalue weighted by Crippen LogP contribution is -2.25. The fourth-order valence-electron chi connectivity index (χ4n) is 2.63. The molecule has 1 aromatic heterocycles. The van der Waals surface area contributed by atoms with E-state index in [0.717, 1.165) is 43.1 Å². The highest BCUT2D eigenvalue weighted by atomic mass is 15.2. The molecule has 0 bridgehead atoms. The number of hydrogen-bond donors (Lipinski definition) is 1. The van der Waals surface area contributed by atoms with Crippen LogP contribution in [0.15, 0.2) is 12.4 Å². The molecule has 1 atom stereocenters. The maximum Gasteiger partial charge on any atom is 0.147 e. The lowest BCUT2D eigenvalue weighted by Gasteiger charge is -2.21. The van der Waals surface area contributed by atoms with Crippen LogP contribution in [0.5, 0.6) is 0 Å². The number of rotatable bonds is 4. The van der Waals surface area contributed by atoms with E-state index in [1.54, 1.807) is 0 Å². The second-order valence-corrected chi connectivity index (χ2v) is 6.04. The molecule has 4 nitrogen and oxygen atoms in total. The molecule has 1 aliphatic heterocycles. The second-order valence-electron chi connectivity index (χ2n) is 6.04. The van der Waals surface area contributed by atoms with Crippen LogP contribution >= 0.6 is 0 Å². The van der Waals surface area contributed by atoms with Crippen molar-refractivity contribution in [3.8, 4) is 0 Å². The molecule has 0 amide bonds. The van der Waals surface area contributed by atoms with Gasteiger partial charge in [-0.2, -0.15) is 0 Å². The Morgan fingerprint density at radius 3 is 2.79 bits per heavy atom. The van der Waals surface area contributed by atoms with E-state index >= 15 is 0 Å². The van der Waals surface area contributed by atoms with E-state index in [1.165, 1.54) is 32.1 Å². The van der Waals surface area contributed by atoms with E-state index in [1.807, 2.05) is 12.4 Å². The quantitative estimate of drug-likeness (QED) is 0.902. The van der Waals surface area contributed by atoms with Gasteiger partial charge in [0, 0.05) is 25.7 Å². The zero-order valence-electron chi connectivity index (χ0n) is 11.8. The van der Waals surface area contributed by atoms with Crippen molar-refractivity contribution < 1.29 is 0 Å². The molecule has 4 heteroatoms. The second kappa shape index (κ2) is 5.87. The van der Waals surface area contributed by atoms with Crippen LogP contribution in [0.1, 0.15) is 44.7 Å². The van der Waals surface area contributed by atoms with Crippen LogP contribution in [0.4, 0.5) is 5.82 Å². The zero-order valence-corrected chi connectivity index (χ0v) is 11.8. The van der Waals surface area contributed by atoms with Crippen molar-refractivity contribution in [3.05, 3.63) is 18.1 Å². The Morgan fingerprint density at radius 1 is 1.16 bits per heavy atom. The van der Waals surface area contributed by atoms with Gasteiger partial charge in [-0.15, -0.1) is 0 Å². The molecule has 2 aliphatic rings. The first-order chi connectivity index (χ1) is 9.31. The van der Waals surface area contributed by atoms with Gasteiger partial charge >= 0.3 is 0 Å². The number of hydrogen-bond acceptors (Lipinski definition) is 4. The molecular weight excluding hydrogens is 236 g/mol. The molecule has 1 saturated carbocycles. The normalized spacial score (nSPS) is 24.3. The molecule has 0 aromatic carbocycles. The molecular formula is C15H24N4. The van der Waals surface area contributed by atoms with Gasteiger partial charge in [0.25, 0.3) is 0 Å². The summed E-state index contributed by atoms with van der Waals surface area (Å²) < 4.78 is 0. The third-order valence-electron chi connectivity index (χ3n) is 4.18. The monoisotopic (exact) mass is 260 g/mol. The lowest BCUT2D eigenvalue weighted by molar-refractivity contribution is 0.521. The van der Waals surface area contributed by atoms with Crippen LogP contribution in [0.3, 0.4) is 0 Å². The number of aromatic nitrogens is 2. The topological polar surface area (TPSA) is 41.1 Å². The summed E-state index contributed by atoms with van der Waals surface area (Å²) in [5.74, 6) is 1.89. The largest absolute Gasteiger partial charge is 0.355 e. The molecule has 2 fully saturated rings. The Balaban J connectivity index is 1.57. The third-order valence-corrected chi connectivity index (χ3v) is 4.18. The van der Waals surface area contributed by atoms with Gasteiger partial charge in [0.05, 0.1) is 18.1 Å². The summed E-state index contributed by atoms with van der Waals surface area (Å²) in [6, 6.07) is 0.730. The maximum absolute atomic E-state index is 4.59. The summed E-state index contributed by atoms with van der Waals surface area (Å²) in [5.41, 5.74) is 1.05. The van der Waals surface area contributed by atoms with E-state index < -0.39 is 0 Å². The van der Waals surface area contributed by atoms with Crippen LogP contribution in [0.25, 0.3) is 0 Å². The van der Waals surface area contributed by atoms with Gasteiger partial charge in [0.2, 0.25) is 0 Å². The van der Waals surface area contributed by atoms with Gasteiger partial charge < -0.3 is 10.2 Å². The van der Waals surface area contributed by atoms with Crippen LogP contribution in [-0.2, 0) is 6.54 Å². The molecule has 0 radical (unpaired) electrons. The average Bonchev–Trinajstić information content (AvgIpc) is 3.25. The van der Waals surface area contributed by atoms with Gasteiger partial charge in [-0.25, -0.2) is 4.98 Å². The van der Waals surface area contributed by atoms with Crippen molar-refractivity contribution in [1.29, 1.82) is 0 Å². The third kappa shape index (κ3) is 3.66. The van der Waals surface area contributed by atoms with Crippen LogP contribution in [-0.4, -0.2) is 29.1 Å². The summed E-state index contributed by atoms with van der Waals surface area (Å²) in [7, 11) is 0. The van der Waals surface area contributed by atoms with Gasteiger partial charge in [-0.1, -0.05) is 6.92 Å². The molecule has 2 heterocycles. The molecule has 19 heavy (non-hydrogen) atoms. The van der Waals surface area contributed by atoms with Crippen molar-refractivity contribution in [3.63, 3.8) is 0 Å². The standard InChI is InChI=1S/C15H24N4/c1-12-3-2-7-19(8-6-12)15-11-17-14(10-18-15)9-16-13-4-5-13/h10-13,16H,2-9H2,1H3. The minimum atomic E-state index is 0.730. The SMILES string of the molecule is CC1CCCN(c2cnc(CNC3CC3)cn2)CC1. The van der Waals surface area contributed by atoms with Crippen LogP contribution in [0, 0.1) is 5.92 Å². The van der Waals surface area contributed by atoms with Gasteiger partial charge in [0.1, 0.15) is 5.82 Å². The highest BCUT2D eigenvalue weighted by molar-refractivity contribution is 5.35. The van der Waals surface area contributed by atoms with E-state index in [-0.39, 0.29) is 0 Å². The predicted molar refractivity (Wildman–Crippen MR) is 77.1 cm³/mol. The highest BCUT2D eigenvalue weighted by Crippen LogP contribution is 2.21. The fraction of sp³-hybridized carbons (Fsp3) is 0.733. The number of nitrogens with one attached hydrogen (secondary N) is 1. The molecule has 1 N–H and O–H groups in total. The van der Waals surface area contributed by atoms with E-state index in [0.29, 0.717) is 0 Å². The Hall–Kier alpha value is -1.16. The molecule has 1 aliphatic carbocycles. The van der Waals surface area contributed by atoms with Gasteiger partial charge in [-0.3, -0.25) is 4.98 Å². The Labute approximate surface area is 115 Å². The summed E-state index contributed by atoms with van der Waals surface area (Å²) in [5, 5.41) is 3.47. The molecule has 1 saturated heterocycles. The summed E-state index contributed by atoms with van der Waals surface area (Å²) >= 11 is 0. The van der Waals surface area contributed by atoms with Crippen molar-refractivity contribution in [1.82, 2.24) is 15.3 Å². The van der Waals surface area contributed by atoms with Crippen molar-refractivity contribution in [2.75, 3.05) is 18.0 Å². The minimum absolute atomic E-state index is 0.730. The Bertz CT molecular complexity index is 399. The van der Waals surface area contributed by atoms with Crippen LogP contribution < -0.4 is 10.2 Å². The van der Waals surface area contributed by atoms with Crippen molar-refractivity contribution in [2.45, 2.75) is 51.6 Å². The first-order valence-electron chi connectivity index (χ1n) is 7.60.